The maximum Gasteiger partial charge on any atom is 0.337 e. The molecule has 0 fully saturated rings. The van der Waals surface area contributed by atoms with E-state index in [0.717, 1.165) is 17.3 Å². The molecule has 0 bridgehead atoms. The van der Waals surface area contributed by atoms with Crippen LogP contribution in [-0.2, 0) is 13.5 Å². The highest BCUT2D eigenvalue weighted by Crippen LogP contribution is 2.38. The predicted molar refractivity (Wildman–Crippen MR) is 71.2 cm³/mol. The number of hydrogen-bond donors (Lipinski definition) is 1. The first-order chi connectivity index (χ1) is 8.61. The molecular formula is C15H17NO2. The molecule has 0 radical (unpaired) electrons. The number of aromatic carboxylic acids is 1. The van der Waals surface area contributed by atoms with Crippen LogP contribution in [0.5, 0.6) is 0 Å². The van der Waals surface area contributed by atoms with E-state index in [-0.39, 0.29) is 0 Å². The van der Waals surface area contributed by atoms with Crippen molar-refractivity contribution in [1.82, 2.24) is 4.57 Å². The van der Waals surface area contributed by atoms with Gasteiger partial charge in [0.1, 0.15) is 0 Å². The quantitative estimate of drug-likeness (QED) is 0.834. The minimum atomic E-state index is -0.841. The van der Waals surface area contributed by atoms with Gasteiger partial charge in [-0.15, -0.1) is 0 Å². The van der Waals surface area contributed by atoms with E-state index in [1.807, 2.05) is 13.1 Å². The Hall–Kier alpha value is -1.77. The second-order valence-corrected chi connectivity index (χ2v) is 5.22. The van der Waals surface area contributed by atoms with Gasteiger partial charge in [0.2, 0.25) is 0 Å². The van der Waals surface area contributed by atoms with Crippen LogP contribution in [0, 0.1) is 0 Å². The van der Waals surface area contributed by atoms with Crippen molar-refractivity contribution in [2.24, 2.45) is 7.05 Å². The number of nitrogens with zero attached hydrogens (tertiary/aromatic N) is 1. The predicted octanol–water partition coefficient (Wildman–Crippen LogP) is 3.32. The summed E-state index contributed by atoms with van der Waals surface area (Å²) in [5, 5.41) is 10.4. The van der Waals surface area contributed by atoms with Crippen LogP contribution in [-0.4, -0.2) is 15.6 Å². The number of para-hydroxylation sites is 1. The summed E-state index contributed by atoms with van der Waals surface area (Å²) < 4.78 is 2.10. The molecule has 0 saturated heterocycles. The number of carbonyl (C=O) groups is 1. The van der Waals surface area contributed by atoms with Crippen molar-refractivity contribution in [1.29, 1.82) is 0 Å². The minimum absolute atomic E-state index is 0.414. The first-order valence-electron chi connectivity index (χ1n) is 6.44. The third-order valence-corrected chi connectivity index (χ3v) is 4.13. The number of aryl methyl sites for hydroxylation is 2. The highest BCUT2D eigenvalue weighted by Gasteiger charge is 2.25. The van der Waals surface area contributed by atoms with Gasteiger partial charge in [0, 0.05) is 18.1 Å². The normalized spacial score (nSPS) is 18.9. The van der Waals surface area contributed by atoms with Crippen molar-refractivity contribution in [2.75, 3.05) is 0 Å². The number of benzene rings is 1. The minimum Gasteiger partial charge on any atom is -0.478 e. The van der Waals surface area contributed by atoms with Gasteiger partial charge in [-0.05, 0) is 36.8 Å². The topological polar surface area (TPSA) is 42.2 Å². The van der Waals surface area contributed by atoms with Crippen LogP contribution in [0.15, 0.2) is 18.2 Å². The Morgan fingerprint density at radius 1 is 1.44 bits per heavy atom. The van der Waals surface area contributed by atoms with E-state index in [9.17, 15) is 9.90 Å². The molecule has 1 aliphatic rings. The largest absolute Gasteiger partial charge is 0.478 e. The molecule has 3 rings (SSSR count). The number of carboxylic acid groups (broad SMARTS) is 1. The SMILES string of the molecule is CC1CCCc2c1n(C)c1c(C(=O)O)cccc21. The summed E-state index contributed by atoms with van der Waals surface area (Å²) in [4.78, 5) is 11.3. The van der Waals surface area contributed by atoms with Crippen molar-refractivity contribution in [2.45, 2.75) is 32.1 Å². The molecule has 18 heavy (non-hydrogen) atoms. The summed E-state index contributed by atoms with van der Waals surface area (Å²) in [5.74, 6) is -0.320. The summed E-state index contributed by atoms with van der Waals surface area (Å²) in [6.45, 7) is 2.23. The molecule has 1 heterocycles. The smallest absolute Gasteiger partial charge is 0.337 e. The third-order valence-electron chi connectivity index (χ3n) is 4.13. The van der Waals surface area contributed by atoms with Crippen LogP contribution >= 0.6 is 0 Å². The fourth-order valence-electron chi connectivity index (χ4n) is 3.39. The van der Waals surface area contributed by atoms with Gasteiger partial charge in [0.05, 0.1) is 11.1 Å². The summed E-state index contributed by atoms with van der Waals surface area (Å²) in [6, 6.07) is 5.60. The highest BCUT2D eigenvalue weighted by molar-refractivity contribution is 6.04. The van der Waals surface area contributed by atoms with E-state index in [1.165, 1.54) is 24.1 Å². The Morgan fingerprint density at radius 2 is 2.22 bits per heavy atom. The van der Waals surface area contributed by atoms with Crippen LogP contribution in [0.25, 0.3) is 10.9 Å². The lowest BCUT2D eigenvalue weighted by molar-refractivity contribution is 0.0698. The second-order valence-electron chi connectivity index (χ2n) is 5.22. The van der Waals surface area contributed by atoms with Crippen molar-refractivity contribution in [3.63, 3.8) is 0 Å². The van der Waals surface area contributed by atoms with Gasteiger partial charge in [0.15, 0.2) is 0 Å². The van der Waals surface area contributed by atoms with Gasteiger partial charge < -0.3 is 9.67 Å². The lowest BCUT2D eigenvalue weighted by Crippen LogP contribution is -2.10. The molecule has 1 atom stereocenters. The van der Waals surface area contributed by atoms with E-state index in [1.54, 1.807) is 6.07 Å². The molecular weight excluding hydrogens is 226 g/mol. The monoisotopic (exact) mass is 243 g/mol. The second kappa shape index (κ2) is 3.87. The first kappa shape index (κ1) is 11.3. The molecule has 3 nitrogen and oxygen atoms in total. The molecule has 1 aliphatic carbocycles. The van der Waals surface area contributed by atoms with E-state index in [4.69, 9.17) is 0 Å². The molecule has 0 aliphatic heterocycles. The van der Waals surface area contributed by atoms with Crippen LogP contribution in [0.2, 0.25) is 0 Å². The van der Waals surface area contributed by atoms with Crippen LogP contribution in [0.3, 0.4) is 0 Å². The van der Waals surface area contributed by atoms with Crippen LogP contribution in [0.4, 0.5) is 0 Å². The van der Waals surface area contributed by atoms with Crippen LogP contribution < -0.4 is 0 Å². The molecule has 1 aromatic carbocycles. The lowest BCUT2D eigenvalue weighted by Gasteiger charge is -2.20. The van der Waals surface area contributed by atoms with E-state index in [0.29, 0.717) is 11.5 Å². The Bertz CT molecular complexity index is 639. The molecule has 1 aromatic heterocycles. The first-order valence-corrected chi connectivity index (χ1v) is 6.44. The lowest BCUT2D eigenvalue weighted by atomic mass is 9.88. The Labute approximate surface area is 106 Å². The highest BCUT2D eigenvalue weighted by atomic mass is 16.4. The van der Waals surface area contributed by atoms with Gasteiger partial charge in [-0.25, -0.2) is 4.79 Å². The van der Waals surface area contributed by atoms with Gasteiger partial charge >= 0.3 is 5.97 Å². The van der Waals surface area contributed by atoms with E-state index >= 15 is 0 Å². The molecule has 1 N–H and O–H groups in total. The zero-order chi connectivity index (χ0) is 12.9. The van der Waals surface area contributed by atoms with Gasteiger partial charge in [-0.2, -0.15) is 0 Å². The Morgan fingerprint density at radius 3 is 2.94 bits per heavy atom. The number of hydrogen-bond acceptors (Lipinski definition) is 1. The third kappa shape index (κ3) is 1.40. The van der Waals surface area contributed by atoms with Gasteiger partial charge in [-0.1, -0.05) is 19.1 Å². The molecule has 0 saturated carbocycles. The van der Waals surface area contributed by atoms with E-state index < -0.39 is 5.97 Å². The Balaban J connectivity index is 2.42. The number of carboxylic acids is 1. The van der Waals surface area contributed by atoms with E-state index in [2.05, 4.69) is 17.6 Å². The number of aromatic nitrogens is 1. The molecule has 3 heteroatoms. The zero-order valence-electron chi connectivity index (χ0n) is 10.7. The molecule has 2 aromatic rings. The molecule has 1 unspecified atom stereocenters. The van der Waals surface area contributed by atoms with Crippen LogP contribution in [0.1, 0.15) is 47.3 Å². The van der Waals surface area contributed by atoms with Gasteiger partial charge in [0.25, 0.3) is 0 Å². The average Bonchev–Trinajstić information content (AvgIpc) is 2.65. The summed E-state index contributed by atoms with van der Waals surface area (Å²) in [5.41, 5.74) is 3.97. The van der Waals surface area contributed by atoms with Crippen molar-refractivity contribution in [3.05, 3.63) is 35.0 Å². The average molecular weight is 243 g/mol. The maximum atomic E-state index is 11.3. The fourth-order valence-corrected chi connectivity index (χ4v) is 3.39. The van der Waals surface area contributed by atoms with Crippen molar-refractivity contribution < 1.29 is 9.90 Å². The Kier molecular flexibility index (Phi) is 2.44. The fraction of sp³-hybridized carbons (Fsp3) is 0.400. The van der Waals surface area contributed by atoms with Crippen molar-refractivity contribution in [3.8, 4) is 0 Å². The maximum absolute atomic E-state index is 11.3. The summed E-state index contributed by atoms with van der Waals surface area (Å²) >= 11 is 0. The number of fused-ring (bicyclic) bond motifs is 3. The summed E-state index contributed by atoms with van der Waals surface area (Å²) in [6.07, 6.45) is 3.46. The molecule has 0 amide bonds. The summed E-state index contributed by atoms with van der Waals surface area (Å²) in [7, 11) is 2.00. The van der Waals surface area contributed by atoms with Crippen molar-refractivity contribution >= 4 is 16.9 Å². The standard InChI is InChI=1S/C15H17NO2/c1-9-5-3-6-10-11-7-4-8-12(15(17)18)14(11)16(2)13(9)10/h4,7-9H,3,5-6H2,1-2H3,(H,17,18). The zero-order valence-corrected chi connectivity index (χ0v) is 10.7. The number of rotatable bonds is 1. The molecule has 94 valence electrons. The molecule has 0 spiro atoms. The van der Waals surface area contributed by atoms with Gasteiger partial charge in [-0.3, -0.25) is 0 Å².